The summed E-state index contributed by atoms with van der Waals surface area (Å²) in [5.41, 5.74) is 0.533. The van der Waals surface area contributed by atoms with Crippen LogP contribution in [0.1, 0.15) is 11.1 Å². The highest BCUT2D eigenvalue weighted by Gasteiger charge is 2.25. The van der Waals surface area contributed by atoms with E-state index in [-0.39, 0.29) is 57.7 Å². The van der Waals surface area contributed by atoms with E-state index in [2.05, 4.69) is 0 Å². The summed E-state index contributed by atoms with van der Waals surface area (Å²) in [5, 5.41) is 18.7. The number of hydrogen-bond acceptors (Lipinski definition) is 2. The third-order valence-electron chi connectivity index (χ3n) is 3.02. The Kier molecular flexibility index (Phi) is 6.25. The summed E-state index contributed by atoms with van der Waals surface area (Å²) in [6.45, 7) is 0. The maximum Gasteiger partial charge on any atom is 0.155 e. The Labute approximate surface area is 171 Å². The fourth-order valence-corrected chi connectivity index (χ4v) is 3.85. The number of rotatable bonds is 2. The van der Waals surface area contributed by atoms with Crippen LogP contribution in [-0.2, 0) is 6.42 Å². The van der Waals surface area contributed by atoms with Gasteiger partial charge >= 0.3 is 0 Å². The van der Waals surface area contributed by atoms with E-state index >= 15 is 0 Å². The fraction of sp³-hybridized carbons (Fsp3) is 0.0769. The van der Waals surface area contributed by atoms with Gasteiger partial charge in [0.25, 0.3) is 0 Å². The van der Waals surface area contributed by atoms with Crippen LogP contribution < -0.4 is 0 Å². The zero-order valence-corrected chi connectivity index (χ0v) is 16.7. The van der Waals surface area contributed by atoms with Crippen LogP contribution in [0.25, 0.3) is 0 Å². The summed E-state index contributed by atoms with van der Waals surface area (Å²) >= 11 is 48.1. The monoisotopic (exact) mass is 472 g/mol. The third-order valence-corrected chi connectivity index (χ3v) is 6.54. The highest BCUT2D eigenvalue weighted by Crippen LogP contribution is 2.49. The first-order valence-electron chi connectivity index (χ1n) is 5.67. The standard InChI is InChI=1S/C13H4Cl8O2/c14-4-2(5(15)9(19)12(22)8(4)18)1-3-6(16)10(20)13(23)11(21)7(3)17/h22-23H,1H2. The van der Waals surface area contributed by atoms with Gasteiger partial charge in [-0.2, -0.15) is 0 Å². The quantitative estimate of drug-likeness (QED) is 0.433. The van der Waals surface area contributed by atoms with E-state index in [0.29, 0.717) is 0 Å². The van der Waals surface area contributed by atoms with Crippen molar-refractivity contribution in [1.82, 2.24) is 0 Å². The van der Waals surface area contributed by atoms with E-state index in [1.807, 2.05) is 0 Å². The van der Waals surface area contributed by atoms with Crippen molar-refractivity contribution in [2.24, 2.45) is 0 Å². The first kappa shape index (κ1) is 19.7. The number of phenols is 2. The van der Waals surface area contributed by atoms with Gasteiger partial charge in [-0.1, -0.05) is 92.8 Å². The van der Waals surface area contributed by atoms with Gasteiger partial charge in [0, 0.05) is 6.42 Å². The summed E-state index contributed by atoms with van der Waals surface area (Å²) in [6, 6.07) is 0. The molecule has 0 saturated heterocycles. The van der Waals surface area contributed by atoms with Crippen LogP contribution in [0.3, 0.4) is 0 Å². The average Bonchev–Trinajstić information content (AvgIpc) is 2.54. The third kappa shape index (κ3) is 3.38. The van der Waals surface area contributed by atoms with Gasteiger partial charge < -0.3 is 10.2 Å². The fourth-order valence-electron chi connectivity index (χ4n) is 1.82. The first-order valence-corrected chi connectivity index (χ1v) is 8.69. The molecule has 10 heteroatoms. The van der Waals surface area contributed by atoms with Crippen LogP contribution in [0.4, 0.5) is 0 Å². The van der Waals surface area contributed by atoms with Gasteiger partial charge in [0.2, 0.25) is 0 Å². The zero-order valence-electron chi connectivity index (χ0n) is 10.6. The topological polar surface area (TPSA) is 40.5 Å². The molecule has 0 aliphatic rings. The molecule has 2 aromatic rings. The van der Waals surface area contributed by atoms with Gasteiger partial charge in [-0.25, -0.2) is 0 Å². The van der Waals surface area contributed by atoms with Crippen LogP contribution in [-0.4, -0.2) is 10.2 Å². The van der Waals surface area contributed by atoms with Crippen LogP contribution in [0.2, 0.25) is 40.2 Å². The van der Waals surface area contributed by atoms with E-state index < -0.39 is 11.5 Å². The van der Waals surface area contributed by atoms with Crippen molar-refractivity contribution >= 4 is 92.8 Å². The molecule has 2 aromatic carbocycles. The number of hydrogen-bond donors (Lipinski definition) is 2. The molecule has 0 unspecified atom stereocenters. The minimum Gasteiger partial charge on any atom is -0.505 e. The maximum atomic E-state index is 9.73. The summed E-state index contributed by atoms with van der Waals surface area (Å²) in [4.78, 5) is 0. The van der Waals surface area contributed by atoms with Crippen molar-refractivity contribution < 1.29 is 10.2 Å². The highest BCUT2D eigenvalue weighted by atomic mass is 35.5. The summed E-state index contributed by atoms with van der Waals surface area (Å²) in [7, 11) is 0. The summed E-state index contributed by atoms with van der Waals surface area (Å²) < 4.78 is 0. The molecule has 2 N–H and O–H groups in total. The number of benzene rings is 2. The summed E-state index contributed by atoms with van der Waals surface area (Å²) in [6.07, 6.45) is -0.0330. The Morgan fingerprint density at radius 1 is 0.435 bits per heavy atom. The Balaban J connectivity index is 2.71. The molecule has 0 aromatic heterocycles. The predicted octanol–water partition coefficient (Wildman–Crippen LogP) is 7.92. The lowest BCUT2D eigenvalue weighted by Gasteiger charge is -2.16. The normalized spacial score (nSPS) is 11.1. The first-order chi connectivity index (χ1) is 10.6. The molecule has 124 valence electrons. The molecule has 0 aliphatic heterocycles. The smallest absolute Gasteiger partial charge is 0.155 e. The molecule has 0 spiro atoms. The second-order valence-electron chi connectivity index (χ2n) is 4.34. The molecular formula is C13H4Cl8O2. The van der Waals surface area contributed by atoms with Gasteiger partial charge in [-0.15, -0.1) is 0 Å². The molecule has 23 heavy (non-hydrogen) atoms. The van der Waals surface area contributed by atoms with Gasteiger partial charge in [0.1, 0.15) is 20.1 Å². The predicted molar refractivity (Wildman–Crippen MR) is 99.1 cm³/mol. The average molecular weight is 476 g/mol. The molecule has 0 radical (unpaired) electrons. The number of halogens is 8. The van der Waals surface area contributed by atoms with Crippen molar-refractivity contribution in [3.05, 3.63) is 51.3 Å². The molecule has 0 saturated carbocycles. The minimum absolute atomic E-state index is 0.0222. The van der Waals surface area contributed by atoms with Crippen LogP contribution in [0.5, 0.6) is 11.5 Å². The lowest BCUT2D eigenvalue weighted by molar-refractivity contribution is 0.475. The molecule has 2 nitrogen and oxygen atoms in total. The van der Waals surface area contributed by atoms with Crippen LogP contribution in [0, 0.1) is 0 Å². The highest BCUT2D eigenvalue weighted by molar-refractivity contribution is 6.51. The van der Waals surface area contributed by atoms with Crippen LogP contribution in [0.15, 0.2) is 0 Å². The second-order valence-corrected chi connectivity index (χ2v) is 7.37. The Bertz CT molecular complexity index is 693. The Morgan fingerprint density at radius 3 is 0.870 bits per heavy atom. The minimum atomic E-state index is -0.439. The van der Waals surface area contributed by atoms with Crippen molar-refractivity contribution in [1.29, 1.82) is 0 Å². The molecule has 0 heterocycles. The number of phenolic OH excluding ortho intramolecular Hbond substituents is 2. The SMILES string of the molecule is Oc1c(Cl)c(Cl)c(Cc2c(Cl)c(Cl)c(O)c(Cl)c2Cl)c(Cl)c1Cl. The van der Waals surface area contributed by atoms with Crippen molar-refractivity contribution in [3.8, 4) is 11.5 Å². The van der Waals surface area contributed by atoms with E-state index in [1.54, 1.807) is 0 Å². The van der Waals surface area contributed by atoms with Crippen molar-refractivity contribution in [2.75, 3.05) is 0 Å². The molecule has 0 fully saturated rings. The molecular weight excluding hydrogens is 472 g/mol. The van der Waals surface area contributed by atoms with E-state index in [9.17, 15) is 10.2 Å². The number of aromatic hydroxyl groups is 2. The largest absolute Gasteiger partial charge is 0.505 e. The molecule has 0 atom stereocenters. The van der Waals surface area contributed by atoms with Crippen LogP contribution >= 0.6 is 92.8 Å². The molecule has 2 rings (SSSR count). The molecule has 0 amide bonds. The Morgan fingerprint density at radius 2 is 0.652 bits per heavy atom. The zero-order chi connectivity index (χ0) is 17.6. The van der Waals surface area contributed by atoms with E-state index in [4.69, 9.17) is 92.8 Å². The lowest BCUT2D eigenvalue weighted by Crippen LogP contribution is -1.97. The van der Waals surface area contributed by atoms with E-state index in [1.165, 1.54) is 0 Å². The van der Waals surface area contributed by atoms with Gasteiger partial charge in [0.05, 0.1) is 20.1 Å². The van der Waals surface area contributed by atoms with Crippen molar-refractivity contribution in [2.45, 2.75) is 6.42 Å². The van der Waals surface area contributed by atoms with Gasteiger partial charge in [-0.05, 0) is 11.1 Å². The van der Waals surface area contributed by atoms with Crippen molar-refractivity contribution in [3.63, 3.8) is 0 Å². The molecule has 0 aliphatic carbocycles. The lowest BCUT2D eigenvalue weighted by atomic mass is 10.0. The van der Waals surface area contributed by atoms with E-state index in [0.717, 1.165) is 0 Å². The maximum absolute atomic E-state index is 9.73. The van der Waals surface area contributed by atoms with Gasteiger partial charge in [0.15, 0.2) is 11.5 Å². The Hall–Kier alpha value is 0.360. The second kappa shape index (κ2) is 7.31. The summed E-state index contributed by atoms with van der Waals surface area (Å²) in [5.74, 6) is -0.878. The molecule has 0 bridgehead atoms. The van der Waals surface area contributed by atoms with Gasteiger partial charge in [-0.3, -0.25) is 0 Å².